The predicted molar refractivity (Wildman–Crippen MR) is 76.6 cm³/mol. The van der Waals surface area contributed by atoms with Gasteiger partial charge in [0, 0.05) is 19.7 Å². The molecule has 3 nitrogen and oxygen atoms in total. The Morgan fingerprint density at radius 3 is 2.47 bits per heavy atom. The minimum Gasteiger partial charge on any atom is -0.427 e. The Hall–Kier alpha value is -2.00. The zero-order chi connectivity index (χ0) is 14.0. The van der Waals surface area contributed by atoms with E-state index in [2.05, 4.69) is 6.58 Å². The van der Waals surface area contributed by atoms with Gasteiger partial charge in [-0.1, -0.05) is 18.2 Å². The smallest absolute Gasteiger partial charge is 0.308 e. The van der Waals surface area contributed by atoms with Crippen molar-refractivity contribution in [3.8, 4) is 5.75 Å². The third-order valence-corrected chi connectivity index (χ3v) is 3.19. The quantitative estimate of drug-likeness (QED) is 0.611. The molecular formula is C15H14ClNO2. The van der Waals surface area contributed by atoms with E-state index in [1.54, 1.807) is 12.1 Å². The first-order chi connectivity index (χ1) is 8.99. The summed E-state index contributed by atoms with van der Waals surface area (Å²) in [5.74, 6) is 0.201. The van der Waals surface area contributed by atoms with Gasteiger partial charge in [-0.3, -0.25) is 4.79 Å². The molecule has 98 valence electrons. The van der Waals surface area contributed by atoms with Crippen molar-refractivity contribution in [3.05, 3.63) is 59.3 Å². The maximum absolute atomic E-state index is 10.9. The van der Waals surface area contributed by atoms with Crippen LogP contribution in [0.3, 0.4) is 0 Å². The number of carbonyl (C=O) groups excluding carboxylic acids is 1. The van der Waals surface area contributed by atoms with Gasteiger partial charge in [0.25, 0.3) is 0 Å². The lowest BCUT2D eigenvalue weighted by molar-refractivity contribution is -0.131. The lowest BCUT2D eigenvalue weighted by atomic mass is 10.1. The van der Waals surface area contributed by atoms with Crippen molar-refractivity contribution < 1.29 is 9.53 Å². The van der Waals surface area contributed by atoms with Gasteiger partial charge in [-0.25, -0.2) is 0 Å². The van der Waals surface area contributed by atoms with E-state index in [4.69, 9.17) is 16.3 Å². The van der Waals surface area contributed by atoms with Gasteiger partial charge in [0.15, 0.2) is 0 Å². The molecule has 0 saturated heterocycles. The normalized spacial score (nSPS) is 14.9. The molecule has 0 spiro atoms. The fourth-order valence-corrected chi connectivity index (χ4v) is 2.01. The highest BCUT2D eigenvalue weighted by molar-refractivity contribution is 6.32. The van der Waals surface area contributed by atoms with Crippen LogP contribution in [0.5, 0.6) is 5.75 Å². The van der Waals surface area contributed by atoms with Crippen LogP contribution < -0.4 is 4.74 Å². The fraction of sp³-hybridized carbons (Fsp3) is 0.133. The number of likely N-dealkylation sites (N-methyl/N-ethyl adjacent to an activating group) is 1. The second-order valence-corrected chi connectivity index (χ2v) is 4.60. The van der Waals surface area contributed by atoms with E-state index < -0.39 is 0 Å². The zero-order valence-electron chi connectivity index (χ0n) is 10.8. The summed E-state index contributed by atoms with van der Waals surface area (Å²) in [4.78, 5) is 12.8. The molecule has 1 aliphatic heterocycles. The van der Waals surface area contributed by atoms with E-state index in [1.807, 2.05) is 36.2 Å². The lowest BCUT2D eigenvalue weighted by Crippen LogP contribution is -2.18. The van der Waals surface area contributed by atoms with Gasteiger partial charge in [0.05, 0.1) is 10.7 Å². The first kappa shape index (κ1) is 13.4. The standard InChI is InChI=1S/C15H14ClNO2/c1-10-14(16)8-9-15(17(10)3)12-4-6-13(7-5-12)19-11(2)18/h4-9H,1H2,2-3H3. The molecule has 4 heteroatoms. The van der Waals surface area contributed by atoms with Crippen molar-refractivity contribution in [1.29, 1.82) is 0 Å². The third kappa shape index (κ3) is 2.88. The van der Waals surface area contributed by atoms with E-state index in [-0.39, 0.29) is 5.97 Å². The minimum absolute atomic E-state index is 0.329. The number of esters is 1. The zero-order valence-corrected chi connectivity index (χ0v) is 11.6. The maximum Gasteiger partial charge on any atom is 0.308 e. The minimum atomic E-state index is -0.329. The molecule has 0 aromatic heterocycles. The third-order valence-electron chi connectivity index (χ3n) is 2.84. The average Bonchev–Trinajstić information content (AvgIpc) is 2.37. The number of benzene rings is 1. The van der Waals surface area contributed by atoms with Crippen molar-refractivity contribution in [2.45, 2.75) is 6.92 Å². The molecule has 0 atom stereocenters. The Balaban J connectivity index is 2.28. The summed E-state index contributed by atoms with van der Waals surface area (Å²) in [6, 6.07) is 7.30. The highest BCUT2D eigenvalue weighted by Crippen LogP contribution is 2.31. The number of hydrogen-bond donors (Lipinski definition) is 0. The van der Waals surface area contributed by atoms with Crippen molar-refractivity contribution in [2.24, 2.45) is 0 Å². The Kier molecular flexibility index (Phi) is 3.76. The molecular weight excluding hydrogens is 262 g/mol. The number of allylic oxidation sites excluding steroid dienone is 3. The average molecular weight is 276 g/mol. The monoisotopic (exact) mass is 275 g/mol. The maximum atomic E-state index is 10.9. The van der Waals surface area contributed by atoms with Gasteiger partial charge in [-0.05, 0) is 42.0 Å². The molecule has 0 N–H and O–H groups in total. The predicted octanol–water partition coefficient (Wildman–Crippen LogP) is 3.53. The van der Waals surface area contributed by atoms with Crippen LogP contribution in [0.4, 0.5) is 0 Å². The van der Waals surface area contributed by atoms with Gasteiger partial charge in [-0.15, -0.1) is 0 Å². The Bertz CT molecular complexity index is 585. The molecule has 1 aromatic rings. The highest BCUT2D eigenvalue weighted by atomic mass is 35.5. The van der Waals surface area contributed by atoms with Crippen LogP contribution in [0.15, 0.2) is 53.7 Å². The number of halogens is 1. The van der Waals surface area contributed by atoms with Crippen molar-refractivity contribution in [1.82, 2.24) is 4.90 Å². The lowest BCUT2D eigenvalue weighted by Gasteiger charge is -2.27. The molecule has 1 heterocycles. The van der Waals surface area contributed by atoms with Crippen molar-refractivity contribution >= 4 is 23.3 Å². The molecule has 1 aromatic carbocycles. The number of nitrogens with zero attached hydrogens (tertiary/aromatic N) is 1. The van der Waals surface area contributed by atoms with E-state index in [9.17, 15) is 4.79 Å². The van der Waals surface area contributed by atoms with Crippen LogP contribution in [0.25, 0.3) is 5.70 Å². The van der Waals surface area contributed by atoms with E-state index in [0.717, 1.165) is 17.0 Å². The number of hydrogen-bond acceptors (Lipinski definition) is 3. The Morgan fingerprint density at radius 1 is 1.26 bits per heavy atom. The number of rotatable bonds is 2. The summed E-state index contributed by atoms with van der Waals surface area (Å²) < 4.78 is 5.00. The molecule has 0 amide bonds. The summed E-state index contributed by atoms with van der Waals surface area (Å²) >= 11 is 6.02. The molecule has 1 aliphatic rings. The van der Waals surface area contributed by atoms with Crippen LogP contribution in [0.1, 0.15) is 12.5 Å². The number of carbonyl (C=O) groups is 1. The van der Waals surface area contributed by atoms with E-state index >= 15 is 0 Å². The van der Waals surface area contributed by atoms with Crippen molar-refractivity contribution in [3.63, 3.8) is 0 Å². The summed E-state index contributed by atoms with van der Waals surface area (Å²) in [6.07, 6.45) is 3.75. The van der Waals surface area contributed by atoms with Crippen LogP contribution in [-0.4, -0.2) is 17.9 Å². The molecule has 0 aliphatic carbocycles. The molecule has 0 fully saturated rings. The van der Waals surface area contributed by atoms with Crippen LogP contribution in [0, 0.1) is 0 Å². The Labute approximate surface area is 117 Å². The second-order valence-electron chi connectivity index (χ2n) is 4.19. The fourth-order valence-electron chi connectivity index (χ4n) is 1.82. The van der Waals surface area contributed by atoms with Crippen molar-refractivity contribution in [2.75, 3.05) is 7.05 Å². The SMILES string of the molecule is C=C1C(Cl)=CC=C(c2ccc(OC(C)=O)cc2)N1C. The largest absolute Gasteiger partial charge is 0.427 e. The van der Waals surface area contributed by atoms with Crippen LogP contribution in [0.2, 0.25) is 0 Å². The molecule has 2 rings (SSSR count). The molecule has 0 saturated carbocycles. The molecule has 19 heavy (non-hydrogen) atoms. The summed E-state index contributed by atoms with van der Waals surface area (Å²) in [6.45, 7) is 5.30. The van der Waals surface area contributed by atoms with Crippen LogP contribution in [-0.2, 0) is 4.79 Å². The van der Waals surface area contributed by atoms with Gasteiger partial charge in [-0.2, -0.15) is 0 Å². The summed E-state index contributed by atoms with van der Waals surface area (Å²) in [7, 11) is 1.91. The first-order valence-electron chi connectivity index (χ1n) is 5.78. The van der Waals surface area contributed by atoms with Gasteiger partial charge >= 0.3 is 5.97 Å². The summed E-state index contributed by atoms with van der Waals surface area (Å²) in [5, 5.41) is 0.628. The van der Waals surface area contributed by atoms with E-state index in [1.165, 1.54) is 6.92 Å². The van der Waals surface area contributed by atoms with Gasteiger partial charge < -0.3 is 9.64 Å². The molecule has 0 bridgehead atoms. The highest BCUT2D eigenvalue weighted by Gasteiger charge is 2.16. The van der Waals surface area contributed by atoms with E-state index in [0.29, 0.717) is 10.8 Å². The molecule has 0 unspecified atom stereocenters. The summed E-state index contributed by atoms with van der Waals surface area (Å²) in [5.41, 5.74) is 2.74. The molecule has 0 radical (unpaired) electrons. The van der Waals surface area contributed by atoms with Gasteiger partial charge in [0.1, 0.15) is 5.75 Å². The second kappa shape index (κ2) is 5.33. The van der Waals surface area contributed by atoms with Crippen LogP contribution >= 0.6 is 11.6 Å². The van der Waals surface area contributed by atoms with Gasteiger partial charge in [0.2, 0.25) is 0 Å². The Morgan fingerprint density at radius 2 is 1.89 bits per heavy atom. The number of ether oxygens (including phenoxy) is 1. The first-order valence-corrected chi connectivity index (χ1v) is 6.16. The topological polar surface area (TPSA) is 29.5 Å².